The van der Waals surface area contributed by atoms with Crippen LogP contribution in [-0.4, -0.2) is 16.4 Å². The minimum Gasteiger partial charge on any atom is -1.00 e. The zero-order valence-electron chi connectivity index (χ0n) is 4.21. The molecule has 2 N–H and O–H groups in total. The Labute approximate surface area is 96.0 Å². The van der Waals surface area contributed by atoms with E-state index in [1.54, 1.807) is 0 Å². The first-order valence-corrected chi connectivity index (χ1v) is 0.651. The van der Waals surface area contributed by atoms with E-state index in [0.717, 1.165) is 0 Å². The smallest absolute Gasteiger partial charge is 1.00 e. The minimum atomic E-state index is -1.83. The topological polar surface area (TPSA) is 57.5 Å². The van der Waals surface area contributed by atoms with Crippen LogP contribution in [0.1, 0.15) is 1.43 Å². The molecule has 5 heteroatoms. The van der Waals surface area contributed by atoms with Gasteiger partial charge in [-0.25, -0.2) is 4.79 Å². The van der Waals surface area contributed by atoms with E-state index >= 15 is 0 Å². The predicted molar refractivity (Wildman–Crippen MR) is 27.2 cm³/mol. The fraction of sp³-hybridized carbons (Fsp3) is 0. The quantitative estimate of drug-likeness (QED) is 0.372. The van der Waals surface area contributed by atoms with Gasteiger partial charge in [-0.3, -0.25) is 0 Å². The van der Waals surface area contributed by atoms with Gasteiger partial charge in [0.15, 0.2) is 0 Å². The summed E-state index contributed by atoms with van der Waals surface area (Å²) < 4.78 is 0. The van der Waals surface area contributed by atoms with Crippen LogP contribution < -0.4 is 51.4 Å². The first kappa shape index (κ1) is 15.6. The van der Waals surface area contributed by atoms with Gasteiger partial charge in [0, 0.05) is 0 Å². The van der Waals surface area contributed by atoms with E-state index in [1.165, 1.54) is 0 Å². The number of hydrogen-bond acceptors (Lipinski definition) is 1. The zero-order valence-corrected chi connectivity index (χ0v) is 8.66. The summed E-state index contributed by atoms with van der Waals surface area (Å²) in [5.41, 5.74) is 0. The zero-order chi connectivity index (χ0) is 3.58. The van der Waals surface area contributed by atoms with Crippen LogP contribution >= 0.6 is 24.0 Å². The molecule has 0 rings (SSSR count). The van der Waals surface area contributed by atoms with E-state index in [1.807, 2.05) is 0 Å². The maximum absolute atomic E-state index is 8.56. The molecule has 0 amide bonds. The summed E-state index contributed by atoms with van der Waals surface area (Å²) in [7, 11) is 0. The van der Waals surface area contributed by atoms with Crippen LogP contribution in [0.3, 0.4) is 0 Å². The molecule has 0 saturated heterocycles. The average Bonchev–Trinajstić information content (AvgIpc) is 0.811. The molecule has 0 atom stereocenters. The molecule has 6 heavy (non-hydrogen) atoms. The molecule has 0 aliphatic carbocycles. The molecule has 0 heterocycles. The Hall–Kier alpha value is 1.64. The summed E-state index contributed by atoms with van der Waals surface area (Å²) in [4.78, 5) is 8.56. The fourth-order valence-corrected chi connectivity index (χ4v) is 0. The Morgan fingerprint density at radius 3 is 1.50 bits per heavy atom. The van der Waals surface area contributed by atoms with Crippen LogP contribution in [0, 0.1) is 0 Å². The van der Waals surface area contributed by atoms with Gasteiger partial charge in [-0.1, -0.05) is 0 Å². The van der Waals surface area contributed by atoms with Gasteiger partial charge in [-0.2, -0.15) is 0 Å². The second kappa shape index (κ2) is 9.81. The van der Waals surface area contributed by atoms with Gasteiger partial charge >= 0.3 is 57.5 Å². The van der Waals surface area contributed by atoms with Crippen molar-refractivity contribution in [3.05, 3.63) is 0 Å². The first-order valence-electron chi connectivity index (χ1n) is 0.651. The summed E-state index contributed by atoms with van der Waals surface area (Å²) in [5, 5.41) is 13.9. The van der Waals surface area contributed by atoms with E-state index in [4.69, 9.17) is 15.0 Å². The van der Waals surface area contributed by atoms with Crippen molar-refractivity contribution in [3.63, 3.8) is 0 Å². The second-order valence-electron chi connectivity index (χ2n) is 0.283. The molecule has 0 aromatic rings. The maximum Gasteiger partial charge on any atom is 1.00 e. The van der Waals surface area contributed by atoms with E-state index in [0.29, 0.717) is 0 Å². The maximum atomic E-state index is 8.56. The monoisotopic (exact) mass is 230 g/mol. The predicted octanol–water partition coefficient (Wildman–Crippen LogP) is -2.04. The van der Waals surface area contributed by atoms with Crippen LogP contribution in [0.5, 0.6) is 0 Å². The molecule has 34 valence electrons. The Balaban J connectivity index is -0.0000000150. The van der Waals surface area contributed by atoms with Crippen LogP contribution in [0.4, 0.5) is 4.79 Å². The molecule has 0 saturated carbocycles. The summed E-state index contributed by atoms with van der Waals surface area (Å²) in [6, 6.07) is 0. The molecule has 0 unspecified atom stereocenters. The van der Waals surface area contributed by atoms with Gasteiger partial charge in [0.1, 0.15) is 0 Å². The average molecular weight is 230 g/mol. The van der Waals surface area contributed by atoms with Gasteiger partial charge in [0.25, 0.3) is 0 Å². The van der Waals surface area contributed by atoms with Crippen molar-refractivity contribution in [1.29, 1.82) is 0 Å². The number of hydrogen-bond donors (Lipinski definition) is 2. The van der Waals surface area contributed by atoms with Crippen molar-refractivity contribution in [1.82, 2.24) is 0 Å². The van der Waals surface area contributed by atoms with Crippen molar-refractivity contribution in [2.24, 2.45) is 0 Å². The van der Waals surface area contributed by atoms with Crippen molar-refractivity contribution in [2.75, 3.05) is 0 Å². The van der Waals surface area contributed by atoms with Gasteiger partial charge in [0.05, 0.1) is 0 Å². The van der Waals surface area contributed by atoms with E-state index in [-0.39, 0.29) is 76.8 Å². The second-order valence-corrected chi connectivity index (χ2v) is 0.283. The van der Waals surface area contributed by atoms with Crippen LogP contribution in [0.2, 0.25) is 0 Å². The molecule has 0 spiro atoms. The van der Waals surface area contributed by atoms with E-state index in [9.17, 15) is 0 Å². The Morgan fingerprint density at radius 1 is 1.50 bits per heavy atom. The Kier molecular flexibility index (Phi) is 25.6. The number of carboxylic acid groups (broad SMARTS) is 2. The van der Waals surface area contributed by atoms with Gasteiger partial charge in [-0.15, -0.1) is 24.0 Å². The molecule has 3 nitrogen and oxygen atoms in total. The molecule has 0 aromatic heterocycles. The summed E-state index contributed by atoms with van der Waals surface area (Å²) in [5.74, 6) is 0. The van der Waals surface area contributed by atoms with Gasteiger partial charge < -0.3 is 11.6 Å². The van der Waals surface area contributed by atoms with E-state index < -0.39 is 6.16 Å². The number of rotatable bonds is 0. The van der Waals surface area contributed by atoms with Crippen molar-refractivity contribution >= 4 is 30.1 Å². The fourth-order valence-electron chi connectivity index (χ4n) is 0. The molecule has 0 aliphatic rings. The third kappa shape index (κ3) is 45.2. The summed E-state index contributed by atoms with van der Waals surface area (Å²) >= 11 is 0. The summed E-state index contributed by atoms with van der Waals surface area (Å²) in [6.45, 7) is 0. The molecule has 0 aromatic carbocycles. The van der Waals surface area contributed by atoms with Crippen LogP contribution in [0.25, 0.3) is 0 Å². The van der Waals surface area contributed by atoms with Crippen molar-refractivity contribution < 1.29 is 67.8 Å². The number of halogens is 1. The third-order valence-electron chi connectivity index (χ3n) is 0. The Morgan fingerprint density at radius 2 is 1.50 bits per heavy atom. The molecular weight excluding hydrogens is 226 g/mol. The Bertz CT molecular complexity index is 37.9. The third-order valence-corrected chi connectivity index (χ3v) is 0. The molecule has 0 radical (unpaired) electrons. The normalized spacial score (nSPS) is 4.00. The van der Waals surface area contributed by atoms with Crippen LogP contribution in [0.15, 0.2) is 0 Å². The number of carbonyl (C=O) groups is 1. The van der Waals surface area contributed by atoms with Gasteiger partial charge in [0.2, 0.25) is 0 Å². The van der Waals surface area contributed by atoms with E-state index in [2.05, 4.69) is 0 Å². The van der Waals surface area contributed by atoms with Gasteiger partial charge in [-0.05, 0) is 0 Å². The SMILES string of the molecule is I.O=C(O)O.[H-].[K+]. The molecule has 0 bridgehead atoms. The van der Waals surface area contributed by atoms with Crippen LogP contribution in [-0.2, 0) is 0 Å². The molecule has 0 fully saturated rings. The van der Waals surface area contributed by atoms with Crippen molar-refractivity contribution in [3.8, 4) is 0 Å². The first-order chi connectivity index (χ1) is 1.73. The van der Waals surface area contributed by atoms with Crippen molar-refractivity contribution in [2.45, 2.75) is 0 Å². The molecule has 0 aliphatic heterocycles. The summed E-state index contributed by atoms with van der Waals surface area (Å²) in [6.07, 6.45) is -1.83. The largest absolute Gasteiger partial charge is 1.00 e. The minimum absolute atomic E-state index is 0. The standard InChI is InChI=1S/CH2O3.HI.K.H/c2-1(3)4;;;/h(H2,2,3,4);1H;;/q;;+1;-1. The molecular formula is CH4IKO3.